The van der Waals surface area contributed by atoms with E-state index >= 15 is 0 Å². The molecule has 4 rings (SSSR count). The van der Waals surface area contributed by atoms with E-state index in [0.717, 1.165) is 5.56 Å². The van der Waals surface area contributed by atoms with Gasteiger partial charge in [0.15, 0.2) is 17.3 Å². The highest BCUT2D eigenvalue weighted by Gasteiger charge is 2.43. The number of carbonyl (C=O) groups is 2. The normalized spacial score (nSPS) is 19.7. The van der Waals surface area contributed by atoms with Gasteiger partial charge in [-0.25, -0.2) is 4.79 Å². The molecule has 0 saturated carbocycles. The molecule has 0 unspecified atom stereocenters. The maximum absolute atomic E-state index is 13.9. The van der Waals surface area contributed by atoms with Gasteiger partial charge >= 0.3 is 5.97 Å². The quantitative estimate of drug-likeness (QED) is 0.241. The van der Waals surface area contributed by atoms with Crippen molar-refractivity contribution in [1.82, 2.24) is 5.32 Å². The standard InChI is InChI=1S/C29H31ClN2O7/c1-6-15(2)39-29(34)26-16(3)31-22-11-18(17-7-10-24(37-4)25(13-17)38-5)12-23(33)28(22)27(26)20-14-19(32(35)36)8-9-21(20)30/h7-10,13-15,18,27,31H,6,11-12H2,1-5H3/t15-,18-,27+/m1/s1. The number of allylic oxidation sites excluding steroid dienone is 3. The Bertz CT molecular complexity index is 1400. The molecule has 2 aromatic rings. The van der Waals surface area contributed by atoms with Crippen LogP contribution in [0.15, 0.2) is 58.9 Å². The minimum atomic E-state index is -0.913. The highest BCUT2D eigenvalue weighted by atomic mass is 35.5. The molecule has 0 fully saturated rings. The monoisotopic (exact) mass is 554 g/mol. The number of nitro groups is 1. The lowest BCUT2D eigenvalue weighted by atomic mass is 9.71. The van der Waals surface area contributed by atoms with Crippen molar-refractivity contribution in [3.05, 3.63) is 85.2 Å². The van der Waals surface area contributed by atoms with Gasteiger partial charge in [-0.1, -0.05) is 24.6 Å². The molecular weight excluding hydrogens is 524 g/mol. The smallest absolute Gasteiger partial charge is 0.337 e. The van der Waals surface area contributed by atoms with Crippen LogP contribution in [0.1, 0.15) is 63.0 Å². The first-order chi connectivity index (χ1) is 18.6. The lowest BCUT2D eigenvalue weighted by Gasteiger charge is -2.37. The molecular formula is C29H31ClN2O7. The number of Topliss-reactive ketones (excluding diaryl/α,β-unsaturated/α-hetero) is 1. The summed E-state index contributed by atoms with van der Waals surface area (Å²) in [5.41, 5.74) is 2.78. The third-order valence-electron chi connectivity index (χ3n) is 7.31. The van der Waals surface area contributed by atoms with E-state index in [0.29, 0.717) is 46.9 Å². The Hall–Kier alpha value is -3.85. The van der Waals surface area contributed by atoms with Crippen LogP contribution in [0, 0.1) is 10.1 Å². The highest BCUT2D eigenvalue weighted by molar-refractivity contribution is 6.31. The van der Waals surface area contributed by atoms with E-state index in [1.807, 2.05) is 19.1 Å². The number of nitrogens with one attached hydrogen (secondary N) is 1. The summed E-state index contributed by atoms with van der Waals surface area (Å²) in [6.45, 7) is 5.41. The maximum atomic E-state index is 13.9. The molecule has 9 nitrogen and oxygen atoms in total. The summed E-state index contributed by atoms with van der Waals surface area (Å²) >= 11 is 6.57. The van der Waals surface area contributed by atoms with Crippen molar-refractivity contribution in [3.63, 3.8) is 0 Å². The van der Waals surface area contributed by atoms with Gasteiger partial charge in [0.25, 0.3) is 5.69 Å². The first kappa shape index (κ1) is 28.2. The fourth-order valence-electron chi connectivity index (χ4n) is 5.16. The van der Waals surface area contributed by atoms with Gasteiger partial charge in [0, 0.05) is 46.5 Å². The molecule has 3 atom stereocenters. The molecule has 0 aromatic heterocycles. The third kappa shape index (κ3) is 5.49. The van der Waals surface area contributed by atoms with Gasteiger partial charge in [0.2, 0.25) is 0 Å². The van der Waals surface area contributed by atoms with E-state index in [9.17, 15) is 19.7 Å². The van der Waals surface area contributed by atoms with Crippen molar-refractivity contribution in [2.45, 2.75) is 58.0 Å². The van der Waals surface area contributed by atoms with E-state index in [2.05, 4.69) is 5.32 Å². The number of ketones is 1. The second-order valence-electron chi connectivity index (χ2n) is 9.72. The summed E-state index contributed by atoms with van der Waals surface area (Å²) in [6.07, 6.45) is 0.898. The van der Waals surface area contributed by atoms with Gasteiger partial charge in [-0.3, -0.25) is 14.9 Å². The van der Waals surface area contributed by atoms with Crippen LogP contribution in [0.3, 0.4) is 0 Å². The zero-order valence-electron chi connectivity index (χ0n) is 22.5. The number of hydrogen-bond acceptors (Lipinski definition) is 8. The molecule has 1 aliphatic heterocycles. The van der Waals surface area contributed by atoms with Crippen LogP contribution >= 0.6 is 11.6 Å². The first-order valence-corrected chi connectivity index (χ1v) is 13.1. The van der Waals surface area contributed by atoms with Gasteiger partial charge in [0.1, 0.15) is 0 Å². The largest absolute Gasteiger partial charge is 0.493 e. The summed E-state index contributed by atoms with van der Waals surface area (Å²) in [5.74, 6) is -0.704. The van der Waals surface area contributed by atoms with Crippen LogP contribution in [-0.2, 0) is 14.3 Å². The Labute approximate surface area is 231 Å². The van der Waals surface area contributed by atoms with E-state index in [4.69, 9.17) is 25.8 Å². The average molecular weight is 555 g/mol. The number of carbonyl (C=O) groups excluding carboxylic acids is 2. The Morgan fingerprint density at radius 1 is 1.15 bits per heavy atom. The number of benzene rings is 2. The molecule has 39 heavy (non-hydrogen) atoms. The average Bonchev–Trinajstić information content (AvgIpc) is 2.91. The molecule has 1 heterocycles. The van der Waals surface area contributed by atoms with E-state index in [1.54, 1.807) is 34.1 Å². The molecule has 0 amide bonds. The minimum absolute atomic E-state index is 0.161. The fourth-order valence-corrected chi connectivity index (χ4v) is 5.39. The van der Waals surface area contributed by atoms with Crippen LogP contribution in [-0.4, -0.2) is 37.0 Å². The predicted molar refractivity (Wildman–Crippen MR) is 146 cm³/mol. The number of methoxy groups -OCH3 is 2. The van der Waals surface area contributed by atoms with Crippen molar-refractivity contribution in [3.8, 4) is 11.5 Å². The number of nitro benzene ring substituents is 1. The Morgan fingerprint density at radius 2 is 1.87 bits per heavy atom. The number of esters is 1. The number of rotatable bonds is 8. The molecule has 0 saturated heterocycles. The summed E-state index contributed by atoms with van der Waals surface area (Å²) in [7, 11) is 3.11. The lowest BCUT2D eigenvalue weighted by Crippen LogP contribution is -2.36. The van der Waals surface area contributed by atoms with Crippen molar-refractivity contribution in [2.75, 3.05) is 14.2 Å². The van der Waals surface area contributed by atoms with Gasteiger partial charge < -0.3 is 19.5 Å². The van der Waals surface area contributed by atoms with Crippen molar-refractivity contribution in [1.29, 1.82) is 0 Å². The number of hydrogen-bond donors (Lipinski definition) is 1. The zero-order valence-corrected chi connectivity index (χ0v) is 23.3. The number of nitrogens with zero attached hydrogens (tertiary/aromatic N) is 1. The lowest BCUT2D eigenvalue weighted by molar-refractivity contribution is -0.384. The summed E-state index contributed by atoms with van der Waals surface area (Å²) in [5, 5.41) is 15.1. The molecule has 0 bridgehead atoms. The van der Waals surface area contributed by atoms with E-state index in [-0.39, 0.29) is 40.5 Å². The Kier molecular flexibility index (Phi) is 8.30. The number of ether oxygens (including phenoxy) is 3. The van der Waals surface area contributed by atoms with Crippen LogP contribution in [0.4, 0.5) is 5.69 Å². The molecule has 206 valence electrons. The summed E-state index contributed by atoms with van der Waals surface area (Å²) in [4.78, 5) is 38.4. The topological polar surface area (TPSA) is 117 Å². The van der Waals surface area contributed by atoms with Gasteiger partial charge in [0.05, 0.1) is 30.8 Å². The van der Waals surface area contributed by atoms with E-state index in [1.165, 1.54) is 18.2 Å². The zero-order chi connectivity index (χ0) is 28.4. The van der Waals surface area contributed by atoms with Crippen molar-refractivity contribution in [2.24, 2.45) is 0 Å². The number of dihydropyridines is 1. The summed E-state index contributed by atoms with van der Waals surface area (Å²) in [6, 6.07) is 9.62. The minimum Gasteiger partial charge on any atom is -0.493 e. The SMILES string of the molecule is CC[C@@H](C)OC(=O)C1=C(C)NC2=C(C(=O)C[C@H](c3ccc(OC)c(OC)c3)C2)[C@H]1c1cc([N+](=O)[O-])ccc1Cl. The van der Waals surface area contributed by atoms with Gasteiger partial charge in [-0.2, -0.15) is 0 Å². The van der Waals surface area contributed by atoms with Crippen molar-refractivity contribution < 1.29 is 28.7 Å². The number of halogens is 1. The second kappa shape index (κ2) is 11.5. The molecule has 10 heteroatoms. The Balaban J connectivity index is 1.83. The van der Waals surface area contributed by atoms with E-state index < -0.39 is 16.8 Å². The molecule has 2 aromatic carbocycles. The third-order valence-corrected chi connectivity index (χ3v) is 7.66. The molecule has 2 aliphatic rings. The highest BCUT2D eigenvalue weighted by Crippen LogP contribution is 2.48. The van der Waals surface area contributed by atoms with Crippen LogP contribution in [0.2, 0.25) is 5.02 Å². The van der Waals surface area contributed by atoms with Crippen molar-refractivity contribution >= 4 is 29.0 Å². The molecule has 0 radical (unpaired) electrons. The summed E-state index contributed by atoms with van der Waals surface area (Å²) < 4.78 is 16.5. The number of non-ortho nitro benzene ring substituents is 1. The second-order valence-corrected chi connectivity index (χ2v) is 10.1. The van der Waals surface area contributed by atoms with Gasteiger partial charge in [-0.15, -0.1) is 0 Å². The molecule has 1 aliphatic carbocycles. The maximum Gasteiger partial charge on any atom is 0.337 e. The van der Waals surface area contributed by atoms with Crippen LogP contribution < -0.4 is 14.8 Å². The fraction of sp³-hybridized carbons (Fsp3) is 0.379. The molecule has 0 spiro atoms. The van der Waals surface area contributed by atoms with Crippen LogP contribution in [0.5, 0.6) is 11.5 Å². The predicted octanol–water partition coefficient (Wildman–Crippen LogP) is 5.97. The molecule has 1 N–H and O–H groups in total. The van der Waals surface area contributed by atoms with Crippen LogP contribution in [0.25, 0.3) is 0 Å². The Morgan fingerprint density at radius 3 is 2.51 bits per heavy atom. The first-order valence-electron chi connectivity index (χ1n) is 12.7. The van der Waals surface area contributed by atoms with Gasteiger partial charge in [-0.05, 0) is 61.9 Å².